The average Bonchev–Trinajstić information content (AvgIpc) is 2.74. The van der Waals surface area contributed by atoms with Gasteiger partial charge in [0.05, 0.1) is 12.7 Å². The summed E-state index contributed by atoms with van der Waals surface area (Å²) in [7, 11) is 1.65. The molecule has 0 aromatic heterocycles. The third-order valence-corrected chi connectivity index (χ3v) is 5.67. The monoisotopic (exact) mass is 461 g/mol. The van der Waals surface area contributed by atoms with Crippen molar-refractivity contribution in [3.05, 3.63) is 59.6 Å². The van der Waals surface area contributed by atoms with Gasteiger partial charge in [-0.15, -0.1) is 0 Å². The number of rotatable bonds is 13. The first kappa shape index (κ1) is 28.7. The summed E-state index contributed by atoms with van der Waals surface area (Å²) in [6.07, 6.45) is 8.05. The number of nitrogens with zero attached hydrogens (tertiary/aromatic N) is 1. The molecule has 0 amide bonds. The van der Waals surface area contributed by atoms with Gasteiger partial charge in [0.2, 0.25) is 0 Å². The summed E-state index contributed by atoms with van der Waals surface area (Å²) < 4.78 is 19.4. The van der Waals surface area contributed by atoms with Crippen molar-refractivity contribution in [3.8, 4) is 0 Å². The highest BCUT2D eigenvalue weighted by Crippen LogP contribution is 2.41. The molecule has 0 aliphatic carbocycles. The Morgan fingerprint density at radius 3 is 2.42 bits per heavy atom. The summed E-state index contributed by atoms with van der Waals surface area (Å²) in [4.78, 5) is 15.8. The van der Waals surface area contributed by atoms with Crippen molar-refractivity contribution >= 4 is 11.7 Å². The van der Waals surface area contributed by atoms with E-state index in [9.17, 15) is 14.3 Å². The van der Waals surface area contributed by atoms with Crippen molar-refractivity contribution < 1.29 is 24.1 Å². The zero-order valence-corrected chi connectivity index (χ0v) is 20.8. The van der Waals surface area contributed by atoms with E-state index >= 15 is 0 Å². The van der Waals surface area contributed by atoms with Crippen LogP contribution in [0.2, 0.25) is 0 Å². The number of carboxylic acid groups (broad SMARTS) is 1. The molecule has 0 saturated heterocycles. The van der Waals surface area contributed by atoms with E-state index in [4.69, 9.17) is 14.8 Å². The Morgan fingerprint density at radius 2 is 1.91 bits per heavy atom. The lowest BCUT2D eigenvalue weighted by Crippen LogP contribution is -2.36. The minimum Gasteiger partial charge on any atom is -0.481 e. The number of aliphatic hydroxyl groups excluding tert-OH is 1. The number of methoxy groups -OCH3 is 1. The molecule has 1 rings (SSSR count). The molecule has 0 saturated carbocycles. The fraction of sp³-hybridized carbons (Fsp3) is 0.556. The zero-order chi connectivity index (χ0) is 25.1. The third-order valence-electron chi connectivity index (χ3n) is 5.67. The molecule has 33 heavy (non-hydrogen) atoms. The van der Waals surface area contributed by atoms with Gasteiger partial charge in [0.1, 0.15) is 5.83 Å². The van der Waals surface area contributed by atoms with E-state index in [1.807, 2.05) is 6.08 Å². The number of aliphatic imine (C=N–C) groups is 1. The summed E-state index contributed by atoms with van der Waals surface area (Å²) in [6.45, 7) is 14.7. The topological polar surface area (TPSA) is 79.1 Å². The van der Waals surface area contributed by atoms with E-state index in [1.165, 1.54) is 12.2 Å². The number of halogens is 1. The predicted molar refractivity (Wildman–Crippen MR) is 133 cm³/mol. The van der Waals surface area contributed by atoms with Crippen molar-refractivity contribution in [2.24, 2.45) is 28.7 Å². The molecule has 0 radical (unpaired) electrons. The lowest BCUT2D eigenvalue weighted by atomic mass is 9.72. The van der Waals surface area contributed by atoms with E-state index in [-0.39, 0.29) is 35.9 Å². The van der Waals surface area contributed by atoms with Gasteiger partial charge in [-0.1, -0.05) is 58.6 Å². The van der Waals surface area contributed by atoms with Crippen LogP contribution < -0.4 is 0 Å². The van der Waals surface area contributed by atoms with Gasteiger partial charge in [0, 0.05) is 36.8 Å². The maximum absolute atomic E-state index is 13.8. The van der Waals surface area contributed by atoms with Crippen LogP contribution in [0.1, 0.15) is 53.9 Å². The molecule has 5 nitrogen and oxygen atoms in total. The normalized spacial score (nSPS) is 20.9. The van der Waals surface area contributed by atoms with E-state index in [0.29, 0.717) is 19.4 Å². The number of carbonyl (C=O) groups is 1. The van der Waals surface area contributed by atoms with Gasteiger partial charge in [-0.3, -0.25) is 9.79 Å². The Bertz CT molecular complexity index is 833. The Labute approximate surface area is 198 Å². The number of allylic oxidation sites excluding steroid dienone is 8. The van der Waals surface area contributed by atoms with Crippen molar-refractivity contribution in [1.29, 1.82) is 0 Å². The highest BCUT2D eigenvalue weighted by molar-refractivity contribution is 5.92. The summed E-state index contributed by atoms with van der Waals surface area (Å²) in [6, 6.07) is 0. The van der Waals surface area contributed by atoms with E-state index in [0.717, 1.165) is 22.6 Å². The molecule has 1 aliphatic heterocycles. The molecule has 2 N–H and O–H groups in total. The first-order valence-electron chi connectivity index (χ1n) is 11.6. The van der Waals surface area contributed by atoms with Crippen molar-refractivity contribution in [2.45, 2.75) is 60.0 Å². The largest absolute Gasteiger partial charge is 0.481 e. The molecule has 6 heteroatoms. The van der Waals surface area contributed by atoms with Gasteiger partial charge in [0.25, 0.3) is 0 Å². The van der Waals surface area contributed by atoms with Crippen LogP contribution in [-0.4, -0.2) is 41.7 Å². The summed E-state index contributed by atoms with van der Waals surface area (Å²) in [5, 5.41) is 19.2. The first-order chi connectivity index (χ1) is 15.5. The van der Waals surface area contributed by atoms with Gasteiger partial charge < -0.3 is 14.9 Å². The third kappa shape index (κ3) is 8.86. The van der Waals surface area contributed by atoms with Crippen LogP contribution in [0.4, 0.5) is 4.39 Å². The molecule has 0 aromatic rings. The Morgan fingerprint density at radius 1 is 1.24 bits per heavy atom. The Kier molecular flexibility index (Phi) is 12.2. The van der Waals surface area contributed by atoms with Crippen LogP contribution in [0.25, 0.3) is 0 Å². The molecular formula is C27H40FNO4. The standard InChI is InChI=1S/C27H40FNO4/c1-8-20(28)13-12-19(6)25-22(15-14-21(30)10-9-11-24(31)32)26(17(2)3)29-27(18(4)5)23(25)16-33-7/h8,12-15,17-18,21,23,25,30H,6,9-11,16H2,1-5,7H3,(H,31,32)/b13-12-,15-14+,20-8+/t21-,23?,25?/m0/s1. The van der Waals surface area contributed by atoms with Gasteiger partial charge >= 0.3 is 5.97 Å². The number of hydrogen-bond donors (Lipinski definition) is 2. The fourth-order valence-corrected chi connectivity index (χ4v) is 4.02. The molecule has 0 fully saturated rings. The summed E-state index contributed by atoms with van der Waals surface area (Å²) in [5.41, 5.74) is 3.58. The van der Waals surface area contributed by atoms with Gasteiger partial charge in [-0.25, -0.2) is 4.39 Å². The van der Waals surface area contributed by atoms with Crippen LogP contribution in [0, 0.1) is 23.7 Å². The molecule has 3 atom stereocenters. The van der Waals surface area contributed by atoms with Crippen LogP contribution in [-0.2, 0) is 9.53 Å². The quantitative estimate of drug-likeness (QED) is 0.328. The highest BCUT2D eigenvalue weighted by atomic mass is 19.1. The fourth-order valence-electron chi connectivity index (χ4n) is 4.02. The number of aliphatic hydroxyl groups is 1. The minimum absolute atomic E-state index is 0.0174. The number of carboxylic acids is 1. The second-order valence-corrected chi connectivity index (χ2v) is 9.02. The first-order valence-corrected chi connectivity index (χ1v) is 11.6. The lowest BCUT2D eigenvalue weighted by molar-refractivity contribution is -0.137. The lowest BCUT2D eigenvalue weighted by Gasteiger charge is -2.37. The Balaban J connectivity index is 3.50. The maximum atomic E-state index is 13.8. The molecule has 0 bridgehead atoms. The molecule has 0 aromatic carbocycles. The minimum atomic E-state index is -0.877. The highest BCUT2D eigenvalue weighted by Gasteiger charge is 2.36. The van der Waals surface area contributed by atoms with Crippen molar-refractivity contribution in [3.63, 3.8) is 0 Å². The molecule has 184 valence electrons. The molecule has 2 unspecified atom stereocenters. The van der Waals surface area contributed by atoms with Crippen molar-refractivity contribution in [1.82, 2.24) is 0 Å². The molecule has 0 spiro atoms. The van der Waals surface area contributed by atoms with E-state index in [1.54, 1.807) is 26.2 Å². The SMILES string of the molecule is C=C(/C=C\C(F)=C/C)C1C(/C=C/[C@@H](O)CCCC(=O)O)=C(C(C)C)N=C(C(C)C)C1COC. The maximum Gasteiger partial charge on any atom is 0.303 e. The number of hydrogen-bond acceptors (Lipinski definition) is 4. The van der Waals surface area contributed by atoms with E-state index in [2.05, 4.69) is 34.3 Å². The second-order valence-electron chi connectivity index (χ2n) is 9.02. The van der Waals surface area contributed by atoms with Gasteiger partial charge in [0.15, 0.2) is 0 Å². The van der Waals surface area contributed by atoms with Gasteiger partial charge in [-0.05, 0) is 48.8 Å². The summed E-state index contributed by atoms with van der Waals surface area (Å²) >= 11 is 0. The smallest absolute Gasteiger partial charge is 0.303 e. The van der Waals surface area contributed by atoms with Crippen molar-refractivity contribution in [2.75, 3.05) is 13.7 Å². The average molecular weight is 462 g/mol. The second kappa shape index (κ2) is 14.1. The molecular weight excluding hydrogens is 421 g/mol. The number of aliphatic carboxylic acids is 1. The molecule has 1 aliphatic rings. The van der Waals surface area contributed by atoms with Crippen LogP contribution >= 0.6 is 0 Å². The summed E-state index contributed by atoms with van der Waals surface area (Å²) in [5.74, 6) is -1.17. The van der Waals surface area contributed by atoms with Gasteiger partial charge in [-0.2, -0.15) is 0 Å². The zero-order valence-electron chi connectivity index (χ0n) is 20.8. The Hall–Kier alpha value is -2.31. The number of ether oxygens (including phenoxy) is 1. The predicted octanol–water partition coefficient (Wildman–Crippen LogP) is 6.04. The molecule has 1 heterocycles. The van der Waals surface area contributed by atoms with E-state index < -0.39 is 12.1 Å². The van der Waals surface area contributed by atoms with Crippen LogP contribution in [0.5, 0.6) is 0 Å². The van der Waals surface area contributed by atoms with Crippen LogP contribution in [0.15, 0.2) is 64.6 Å². The van der Waals surface area contributed by atoms with Crippen LogP contribution in [0.3, 0.4) is 0 Å².